The molecule has 0 bridgehead atoms. The lowest BCUT2D eigenvalue weighted by atomic mass is 10.4. The first-order chi connectivity index (χ1) is 3.91. The molecule has 0 aromatic heterocycles. The van der Waals surface area contributed by atoms with E-state index in [9.17, 15) is 0 Å². The molecule has 0 radical (unpaired) electrons. The van der Waals surface area contributed by atoms with Gasteiger partial charge in [0, 0.05) is 0 Å². The fourth-order valence-corrected chi connectivity index (χ4v) is 2.47. The van der Waals surface area contributed by atoms with Gasteiger partial charge in [-0.1, -0.05) is 6.42 Å². The van der Waals surface area contributed by atoms with E-state index in [-0.39, 0.29) is 9.76 Å². The third-order valence-electron chi connectivity index (χ3n) is 1.01. The Morgan fingerprint density at radius 3 is 2.75 bits per heavy atom. The first kappa shape index (κ1) is 8.74. The van der Waals surface area contributed by atoms with Crippen LogP contribution in [-0.2, 0) is 4.12 Å². The van der Waals surface area contributed by atoms with Crippen LogP contribution in [0.2, 0.25) is 6.04 Å². The van der Waals surface area contributed by atoms with Crippen molar-refractivity contribution in [3.8, 4) is 0 Å². The summed E-state index contributed by atoms with van der Waals surface area (Å²) < 4.78 is 5.14. The summed E-state index contributed by atoms with van der Waals surface area (Å²) in [5.74, 6) is 1.04. The molecule has 8 heavy (non-hydrogen) atoms. The quantitative estimate of drug-likeness (QED) is 0.329. The maximum absolute atomic E-state index is 5.14. The predicted molar refractivity (Wildman–Crippen MR) is 47.5 cm³/mol. The third kappa shape index (κ3) is 6.74. The van der Waals surface area contributed by atoms with Crippen LogP contribution in [0.1, 0.15) is 12.8 Å². The molecule has 1 nitrogen and oxygen atoms in total. The zero-order valence-electron chi connectivity index (χ0n) is 5.39. The Balaban J connectivity index is 2.53. The summed E-state index contributed by atoms with van der Waals surface area (Å²) in [6.07, 6.45) is 2.60. The summed E-state index contributed by atoms with van der Waals surface area (Å²) in [6.45, 7) is 0. The van der Waals surface area contributed by atoms with Crippen LogP contribution < -0.4 is 0 Å². The second kappa shape index (κ2) is 7.74. The van der Waals surface area contributed by atoms with E-state index in [4.69, 9.17) is 4.12 Å². The van der Waals surface area contributed by atoms with E-state index in [0.29, 0.717) is 0 Å². The standard InChI is InChI=1S/C4H14OSSi2/c6-3-1-2-4-8-5-7/h6H,1-4,8H2,7H3. The molecule has 0 aliphatic carbocycles. The average molecular weight is 166 g/mol. The molecule has 0 aromatic rings. The van der Waals surface area contributed by atoms with Gasteiger partial charge in [-0.05, 0) is 18.2 Å². The highest BCUT2D eigenvalue weighted by Gasteiger charge is 1.84. The van der Waals surface area contributed by atoms with Crippen LogP contribution in [0.4, 0.5) is 0 Å². The Hall–Kier alpha value is 0.744. The van der Waals surface area contributed by atoms with Crippen LogP contribution in [0, 0.1) is 0 Å². The Labute approximate surface area is 62.1 Å². The Morgan fingerprint density at radius 2 is 2.25 bits per heavy atom. The summed E-state index contributed by atoms with van der Waals surface area (Å²) in [4.78, 5) is 0. The molecule has 0 aromatic carbocycles. The van der Waals surface area contributed by atoms with Crippen molar-refractivity contribution in [3.63, 3.8) is 0 Å². The SMILES string of the molecule is [SiH3]O[SiH2]CCCCS. The van der Waals surface area contributed by atoms with E-state index in [1.165, 1.54) is 18.9 Å². The zero-order chi connectivity index (χ0) is 6.24. The molecule has 0 aliphatic heterocycles. The van der Waals surface area contributed by atoms with Gasteiger partial charge in [0.2, 0.25) is 0 Å². The van der Waals surface area contributed by atoms with Crippen molar-refractivity contribution in [3.05, 3.63) is 0 Å². The second-order valence-corrected chi connectivity index (χ2v) is 5.65. The minimum atomic E-state index is -0.0708. The van der Waals surface area contributed by atoms with E-state index in [2.05, 4.69) is 12.6 Å². The Bertz CT molecular complexity index is 39.0. The fourth-order valence-electron chi connectivity index (χ4n) is 0.535. The summed E-state index contributed by atoms with van der Waals surface area (Å²) >= 11 is 4.11. The topological polar surface area (TPSA) is 9.23 Å². The minimum absolute atomic E-state index is 0.0708. The largest absolute Gasteiger partial charge is 0.468 e. The molecule has 0 unspecified atom stereocenters. The molecule has 0 saturated carbocycles. The van der Waals surface area contributed by atoms with Gasteiger partial charge < -0.3 is 4.12 Å². The molecule has 0 N–H and O–H groups in total. The van der Waals surface area contributed by atoms with Crippen molar-refractivity contribution >= 4 is 32.9 Å². The molecule has 4 heteroatoms. The molecule has 0 spiro atoms. The summed E-state index contributed by atoms with van der Waals surface area (Å²) in [5.41, 5.74) is 0. The number of rotatable bonds is 5. The molecule has 0 rings (SSSR count). The third-order valence-corrected chi connectivity index (χ3v) is 3.74. The molecule has 0 saturated heterocycles. The van der Waals surface area contributed by atoms with Gasteiger partial charge in [0.05, 0.1) is 0 Å². The number of hydrogen-bond acceptors (Lipinski definition) is 2. The molecule has 50 valence electrons. The lowest BCUT2D eigenvalue weighted by Gasteiger charge is -1.94. The predicted octanol–water partition coefficient (Wildman–Crippen LogP) is -0.505. The van der Waals surface area contributed by atoms with Crippen molar-refractivity contribution < 1.29 is 4.12 Å². The molecule has 0 amide bonds. The number of unbranched alkanes of at least 4 members (excludes halogenated alkanes) is 1. The number of thiol groups is 1. The van der Waals surface area contributed by atoms with Gasteiger partial charge in [0.1, 0.15) is 20.2 Å². The minimum Gasteiger partial charge on any atom is -0.468 e. The van der Waals surface area contributed by atoms with E-state index in [0.717, 1.165) is 16.2 Å². The molecule has 0 heterocycles. The summed E-state index contributed by atoms with van der Waals surface area (Å²) in [7, 11) is 0.879. The van der Waals surface area contributed by atoms with Gasteiger partial charge in [0.25, 0.3) is 0 Å². The fraction of sp³-hybridized carbons (Fsp3) is 1.00. The maximum atomic E-state index is 5.14. The molecular weight excluding hydrogens is 152 g/mol. The van der Waals surface area contributed by atoms with E-state index >= 15 is 0 Å². The molecule has 0 fully saturated rings. The van der Waals surface area contributed by atoms with Crippen LogP contribution in [-0.4, -0.2) is 26.0 Å². The maximum Gasteiger partial charge on any atom is 0.145 e. The number of hydrogen-bond donors (Lipinski definition) is 1. The smallest absolute Gasteiger partial charge is 0.145 e. The van der Waals surface area contributed by atoms with Crippen molar-refractivity contribution in [2.75, 3.05) is 5.75 Å². The molecule has 0 atom stereocenters. The van der Waals surface area contributed by atoms with Gasteiger partial charge in [0.15, 0.2) is 0 Å². The van der Waals surface area contributed by atoms with E-state index < -0.39 is 0 Å². The lowest BCUT2D eigenvalue weighted by molar-refractivity contribution is 0.652. The monoisotopic (exact) mass is 166 g/mol. The van der Waals surface area contributed by atoms with E-state index in [1.807, 2.05) is 0 Å². The van der Waals surface area contributed by atoms with Crippen LogP contribution in [0.25, 0.3) is 0 Å². The van der Waals surface area contributed by atoms with Crippen LogP contribution >= 0.6 is 12.6 Å². The van der Waals surface area contributed by atoms with Gasteiger partial charge in [-0.25, -0.2) is 0 Å². The highest BCUT2D eigenvalue weighted by Crippen LogP contribution is 1.95. The van der Waals surface area contributed by atoms with Crippen molar-refractivity contribution in [2.24, 2.45) is 0 Å². The Kier molecular flexibility index (Phi) is 8.46. The lowest BCUT2D eigenvalue weighted by Crippen LogP contribution is -1.93. The van der Waals surface area contributed by atoms with Crippen LogP contribution in [0.5, 0.6) is 0 Å². The van der Waals surface area contributed by atoms with Crippen molar-refractivity contribution in [1.29, 1.82) is 0 Å². The highest BCUT2D eigenvalue weighted by molar-refractivity contribution is 7.80. The molecule has 0 aliphatic rings. The zero-order valence-corrected chi connectivity index (χ0v) is 9.70. The second-order valence-electron chi connectivity index (χ2n) is 1.78. The first-order valence-corrected chi connectivity index (χ1v) is 6.04. The summed E-state index contributed by atoms with van der Waals surface area (Å²) in [6, 6.07) is 1.35. The van der Waals surface area contributed by atoms with Crippen molar-refractivity contribution in [2.45, 2.75) is 18.9 Å². The van der Waals surface area contributed by atoms with Gasteiger partial charge in [-0.15, -0.1) is 0 Å². The molecular formula is C4H14OSSi2. The normalized spacial score (nSPS) is 11.6. The van der Waals surface area contributed by atoms with Gasteiger partial charge in [-0.3, -0.25) is 0 Å². The van der Waals surface area contributed by atoms with Crippen LogP contribution in [0.15, 0.2) is 0 Å². The highest BCUT2D eigenvalue weighted by atomic mass is 32.1. The summed E-state index contributed by atoms with van der Waals surface area (Å²) in [5, 5.41) is 0. The van der Waals surface area contributed by atoms with Crippen molar-refractivity contribution in [1.82, 2.24) is 0 Å². The van der Waals surface area contributed by atoms with E-state index in [1.54, 1.807) is 0 Å². The van der Waals surface area contributed by atoms with Gasteiger partial charge in [-0.2, -0.15) is 12.6 Å². The van der Waals surface area contributed by atoms with Gasteiger partial charge >= 0.3 is 0 Å². The average Bonchev–Trinajstić information content (AvgIpc) is 1.81. The van der Waals surface area contributed by atoms with Crippen LogP contribution in [0.3, 0.4) is 0 Å². The Morgan fingerprint density at radius 1 is 1.50 bits per heavy atom. The first-order valence-electron chi connectivity index (χ1n) is 3.01.